The minimum absolute atomic E-state index is 0.176. The summed E-state index contributed by atoms with van der Waals surface area (Å²) in [7, 11) is 3.61. The molecule has 1 fully saturated rings. The lowest BCUT2D eigenvalue weighted by Crippen LogP contribution is -2.34. The summed E-state index contributed by atoms with van der Waals surface area (Å²) in [6.45, 7) is 3.46. The number of hydrogen-bond acceptors (Lipinski definition) is 4. The highest BCUT2D eigenvalue weighted by Gasteiger charge is 2.24. The summed E-state index contributed by atoms with van der Waals surface area (Å²) >= 11 is 0. The highest BCUT2D eigenvalue weighted by molar-refractivity contribution is 5.55. The zero-order valence-electron chi connectivity index (χ0n) is 12.2. The molecule has 1 atom stereocenters. The third-order valence-electron chi connectivity index (χ3n) is 3.67. The number of anilines is 1. The Morgan fingerprint density at radius 1 is 1.50 bits per heavy atom. The molecule has 1 aliphatic heterocycles. The molecule has 20 heavy (non-hydrogen) atoms. The van der Waals surface area contributed by atoms with Crippen molar-refractivity contribution in [3.8, 4) is 0 Å². The minimum atomic E-state index is -0.176. The lowest BCUT2D eigenvalue weighted by atomic mass is 10.1. The third-order valence-corrected chi connectivity index (χ3v) is 3.67. The van der Waals surface area contributed by atoms with Crippen LogP contribution in [0.15, 0.2) is 18.2 Å². The molecule has 4 nitrogen and oxygen atoms in total. The average Bonchev–Trinajstić information content (AvgIpc) is 2.97. The van der Waals surface area contributed by atoms with Crippen molar-refractivity contribution in [1.29, 1.82) is 0 Å². The monoisotopic (exact) mass is 282 g/mol. The lowest BCUT2D eigenvalue weighted by Gasteiger charge is -2.28. The molecule has 0 saturated carbocycles. The number of para-hydroxylation sites is 1. The number of hydrogen-bond donors (Lipinski definition) is 1. The van der Waals surface area contributed by atoms with Gasteiger partial charge in [-0.05, 0) is 18.1 Å². The number of likely N-dealkylation sites (N-methyl/N-ethyl adjacent to an activating group) is 1. The molecule has 112 valence electrons. The number of halogens is 1. The van der Waals surface area contributed by atoms with Gasteiger partial charge >= 0.3 is 0 Å². The Bertz CT molecular complexity index is 422. The molecule has 1 heterocycles. The molecule has 0 aromatic heterocycles. The maximum Gasteiger partial charge on any atom is 0.146 e. The van der Waals surface area contributed by atoms with Gasteiger partial charge in [-0.25, -0.2) is 4.39 Å². The number of benzene rings is 1. The molecule has 0 spiro atoms. The molecule has 0 amide bonds. The van der Waals surface area contributed by atoms with Crippen LogP contribution in [0.4, 0.5) is 10.1 Å². The van der Waals surface area contributed by atoms with Crippen LogP contribution in [0.5, 0.6) is 0 Å². The Morgan fingerprint density at radius 2 is 2.35 bits per heavy atom. The van der Waals surface area contributed by atoms with E-state index < -0.39 is 0 Å². The lowest BCUT2D eigenvalue weighted by molar-refractivity contribution is 0.193. The van der Waals surface area contributed by atoms with Crippen molar-refractivity contribution in [1.82, 2.24) is 5.32 Å². The van der Waals surface area contributed by atoms with Crippen LogP contribution < -0.4 is 10.2 Å². The number of ether oxygens (including phenoxy) is 2. The van der Waals surface area contributed by atoms with E-state index in [2.05, 4.69) is 5.32 Å². The average molecular weight is 282 g/mol. The van der Waals surface area contributed by atoms with E-state index in [4.69, 9.17) is 9.47 Å². The first kappa shape index (κ1) is 15.2. The van der Waals surface area contributed by atoms with E-state index >= 15 is 0 Å². The van der Waals surface area contributed by atoms with Gasteiger partial charge in [-0.2, -0.15) is 0 Å². The van der Waals surface area contributed by atoms with Crippen molar-refractivity contribution in [2.45, 2.75) is 19.0 Å². The Hall–Kier alpha value is -1.17. The quantitative estimate of drug-likeness (QED) is 0.773. The van der Waals surface area contributed by atoms with Crippen LogP contribution in [0.1, 0.15) is 12.0 Å². The van der Waals surface area contributed by atoms with Crippen LogP contribution in [0.25, 0.3) is 0 Å². The van der Waals surface area contributed by atoms with Gasteiger partial charge in [-0.15, -0.1) is 0 Å². The highest BCUT2D eigenvalue weighted by Crippen LogP contribution is 2.27. The summed E-state index contributed by atoms with van der Waals surface area (Å²) in [5.41, 5.74) is 1.64. The van der Waals surface area contributed by atoms with Crippen molar-refractivity contribution in [2.75, 3.05) is 45.4 Å². The van der Waals surface area contributed by atoms with Crippen molar-refractivity contribution in [2.24, 2.45) is 0 Å². The molecule has 2 rings (SSSR count). The highest BCUT2D eigenvalue weighted by atomic mass is 19.1. The van der Waals surface area contributed by atoms with Crippen molar-refractivity contribution >= 4 is 5.69 Å². The summed E-state index contributed by atoms with van der Waals surface area (Å²) in [6.07, 6.45) is 0.946. The van der Waals surface area contributed by atoms with Crippen LogP contribution in [-0.2, 0) is 16.0 Å². The van der Waals surface area contributed by atoms with Gasteiger partial charge in [0, 0.05) is 33.9 Å². The first-order valence-electron chi connectivity index (χ1n) is 7.01. The molecule has 1 unspecified atom stereocenters. The van der Waals surface area contributed by atoms with Crippen molar-refractivity contribution < 1.29 is 13.9 Å². The van der Waals surface area contributed by atoms with Gasteiger partial charge in [0.05, 0.1) is 24.9 Å². The fourth-order valence-corrected chi connectivity index (χ4v) is 2.51. The van der Waals surface area contributed by atoms with Gasteiger partial charge in [0.15, 0.2) is 0 Å². The Balaban J connectivity index is 2.08. The Kier molecular flexibility index (Phi) is 5.76. The first-order chi connectivity index (χ1) is 9.74. The third kappa shape index (κ3) is 3.69. The Labute approximate surface area is 119 Å². The van der Waals surface area contributed by atoms with Crippen LogP contribution in [0.3, 0.4) is 0 Å². The number of methoxy groups -OCH3 is 1. The van der Waals surface area contributed by atoms with Gasteiger partial charge in [0.25, 0.3) is 0 Å². The largest absolute Gasteiger partial charge is 0.383 e. The smallest absolute Gasteiger partial charge is 0.146 e. The fourth-order valence-electron chi connectivity index (χ4n) is 2.51. The van der Waals surface area contributed by atoms with E-state index in [1.54, 1.807) is 13.2 Å². The SMILES string of the molecule is COCCNCc1cccc(F)c1N(C)C1CCOC1. The van der Waals surface area contributed by atoms with E-state index in [0.717, 1.165) is 25.1 Å². The number of rotatable bonds is 7. The van der Waals surface area contributed by atoms with Crippen LogP contribution >= 0.6 is 0 Å². The minimum Gasteiger partial charge on any atom is -0.383 e. The van der Waals surface area contributed by atoms with Crippen molar-refractivity contribution in [3.05, 3.63) is 29.6 Å². The topological polar surface area (TPSA) is 33.7 Å². The number of nitrogens with zero attached hydrogens (tertiary/aromatic N) is 1. The molecule has 0 aliphatic carbocycles. The standard InChI is InChI=1S/C15H23FN2O2/c1-18(13-6-8-20-11-13)15-12(4-3-5-14(15)16)10-17-7-9-19-2/h3-5,13,17H,6-11H2,1-2H3. The van der Waals surface area contributed by atoms with Crippen LogP contribution in [-0.4, -0.2) is 46.6 Å². The zero-order valence-corrected chi connectivity index (χ0v) is 12.2. The van der Waals surface area contributed by atoms with Gasteiger partial charge in [-0.1, -0.05) is 12.1 Å². The molecular formula is C15H23FN2O2. The summed E-state index contributed by atoms with van der Waals surface area (Å²) < 4.78 is 24.6. The zero-order chi connectivity index (χ0) is 14.4. The summed E-state index contributed by atoms with van der Waals surface area (Å²) in [5.74, 6) is -0.176. The molecular weight excluding hydrogens is 259 g/mol. The maximum atomic E-state index is 14.2. The summed E-state index contributed by atoms with van der Waals surface area (Å²) in [5, 5.41) is 3.27. The van der Waals surface area contributed by atoms with Crippen LogP contribution in [0, 0.1) is 5.82 Å². The van der Waals surface area contributed by atoms with Gasteiger partial charge in [-0.3, -0.25) is 0 Å². The second-order valence-corrected chi connectivity index (χ2v) is 5.05. The van der Waals surface area contributed by atoms with E-state index in [0.29, 0.717) is 25.4 Å². The molecule has 0 radical (unpaired) electrons. The number of nitrogens with one attached hydrogen (secondary N) is 1. The summed E-state index contributed by atoms with van der Waals surface area (Å²) in [6, 6.07) is 5.49. The van der Waals surface area contributed by atoms with E-state index in [-0.39, 0.29) is 11.9 Å². The second kappa shape index (κ2) is 7.57. The summed E-state index contributed by atoms with van der Waals surface area (Å²) in [4.78, 5) is 2.01. The van der Waals surface area contributed by atoms with E-state index in [9.17, 15) is 4.39 Å². The van der Waals surface area contributed by atoms with Crippen LogP contribution in [0.2, 0.25) is 0 Å². The first-order valence-corrected chi connectivity index (χ1v) is 7.01. The van der Waals surface area contributed by atoms with Gasteiger partial charge in [0.1, 0.15) is 5.82 Å². The normalized spacial score (nSPS) is 18.4. The molecule has 1 aliphatic rings. The fraction of sp³-hybridized carbons (Fsp3) is 0.600. The molecule has 1 N–H and O–H groups in total. The molecule has 1 aromatic carbocycles. The molecule has 0 bridgehead atoms. The molecule has 1 aromatic rings. The molecule has 5 heteroatoms. The predicted molar refractivity (Wildman–Crippen MR) is 77.6 cm³/mol. The van der Waals surface area contributed by atoms with E-state index in [1.807, 2.05) is 18.0 Å². The predicted octanol–water partition coefficient (Wildman–Crippen LogP) is 1.79. The van der Waals surface area contributed by atoms with Gasteiger partial charge < -0.3 is 19.7 Å². The maximum absolute atomic E-state index is 14.2. The van der Waals surface area contributed by atoms with E-state index in [1.165, 1.54) is 6.07 Å². The Morgan fingerprint density at radius 3 is 3.05 bits per heavy atom. The van der Waals surface area contributed by atoms with Gasteiger partial charge in [0.2, 0.25) is 0 Å². The van der Waals surface area contributed by atoms with Crippen molar-refractivity contribution in [3.63, 3.8) is 0 Å². The second-order valence-electron chi connectivity index (χ2n) is 5.05. The molecule has 1 saturated heterocycles.